The number of benzene rings is 1. The number of nitrogens with zero attached hydrogens (tertiary/aromatic N) is 5. The van der Waals surface area contributed by atoms with Gasteiger partial charge in [-0.2, -0.15) is 5.10 Å². The molecule has 160 valence electrons. The molecule has 2 aromatic heterocycles. The van der Waals surface area contributed by atoms with Crippen LogP contribution in [0.25, 0.3) is 17.2 Å². The first-order chi connectivity index (χ1) is 15.2. The predicted molar refractivity (Wildman–Crippen MR) is 113 cm³/mol. The number of rotatable bonds is 5. The second-order valence-electron chi connectivity index (χ2n) is 8.07. The third-order valence-corrected chi connectivity index (χ3v) is 5.92. The number of ether oxygens (including phenoxy) is 1. The van der Waals surface area contributed by atoms with E-state index in [4.69, 9.17) is 4.74 Å². The molecule has 3 aromatic rings. The molecule has 0 N–H and O–H groups in total. The van der Waals surface area contributed by atoms with Gasteiger partial charge in [0.05, 0.1) is 30.3 Å². The highest BCUT2D eigenvalue weighted by Crippen LogP contribution is 2.42. The van der Waals surface area contributed by atoms with Crippen molar-refractivity contribution < 1.29 is 13.9 Å². The van der Waals surface area contributed by atoms with Crippen LogP contribution in [0.5, 0.6) is 5.75 Å². The van der Waals surface area contributed by atoms with Gasteiger partial charge in [-0.15, -0.1) is 0 Å². The maximum absolute atomic E-state index is 14.2. The molecule has 1 aliphatic carbocycles. The van der Waals surface area contributed by atoms with Gasteiger partial charge in [0, 0.05) is 30.8 Å². The number of aromatic nitrogens is 4. The summed E-state index contributed by atoms with van der Waals surface area (Å²) in [7, 11) is 1.43. The maximum atomic E-state index is 14.2. The number of piperidine rings is 1. The van der Waals surface area contributed by atoms with Crippen molar-refractivity contribution in [2.75, 3.05) is 20.2 Å². The van der Waals surface area contributed by atoms with E-state index in [2.05, 4.69) is 15.1 Å². The van der Waals surface area contributed by atoms with Crippen molar-refractivity contribution in [1.82, 2.24) is 24.6 Å². The number of hydrogen-bond donors (Lipinski definition) is 0. The van der Waals surface area contributed by atoms with Crippen LogP contribution in [-0.2, 0) is 0 Å². The van der Waals surface area contributed by atoms with Crippen LogP contribution in [0.4, 0.5) is 4.39 Å². The summed E-state index contributed by atoms with van der Waals surface area (Å²) in [5.41, 5.74) is 2.72. The minimum atomic E-state index is -0.452. The lowest BCUT2D eigenvalue weighted by Gasteiger charge is -2.26. The number of carbonyl (C=O) groups is 1. The number of halogens is 1. The summed E-state index contributed by atoms with van der Waals surface area (Å²) in [6.07, 6.45) is 8.58. The monoisotopic (exact) mass is 421 g/mol. The van der Waals surface area contributed by atoms with Gasteiger partial charge in [-0.25, -0.2) is 19.0 Å². The smallest absolute Gasteiger partial charge is 0.257 e. The zero-order chi connectivity index (χ0) is 21.4. The Morgan fingerprint density at radius 1 is 1.16 bits per heavy atom. The van der Waals surface area contributed by atoms with Crippen molar-refractivity contribution in [3.8, 4) is 23.0 Å². The fraction of sp³-hybridized carbons (Fsp3) is 0.391. The van der Waals surface area contributed by atoms with Gasteiger partial charge in [-0.3, -0.25) is 4.79 Å². The molecule has 1 amide bonds. The van der Waals surface area contributed by atoms with Crippen LogP contribution in [-0.4, -0.2) is 50.8 Å². The number of likely N-dealkylation sites (tertiary alicyclic amines) is 1. The summed E-state index contributed by atoms with van der Waals surface area (Å²) in [5, 5.41) is 4.49. The van der Waals surface area contributed by atoms with Crippen LogP contribution in [0, 0.1) is 5.82 Å². The van der Waals surface area contributed by atoms with Crippen molar-refractivity contribution in [1.29, 1.82) is 0 Å². The zero-order valence-electron chi connectivity index (χ0n) is 17.4. The number of amides is 1. The first-order valence-electron chi connectivity index (χ1n) is 10.7. The van der Waals surface area contributed by atoms with Crippen LogP contribution < -0.4 is 4.74 Å². The quantitative estimate of drug-likeness (QED) is 0.623. The van der Waals surface area contributed by atoms with Gasteiger partial charge in [0.25, 0.3) is 11.9 Å². The molecule has 0 unspecified atom stereocenters. The Bertz CT molecular complexity index is 1120. The SMILES string of the molecule is COc1ccc(-c2ccnc(-n3ncc(C(=O)N4CCCCC4)c3C3CC3)n2)cc1F. The molecular weight excluding hydrogens is 397 g/mol. The molecule has 1 aromatic carbocycles. The molecule has 31 heavy (non-hydrogen) atoms. The molecule has 2 fully saturated rings. The molecular formula is C23H24FN5O2. The molecule has 0 atom stereocenters. The Balaban J connectivity index is 1.51. The highest BCUT2D eigenvalue weighted by atomic mass is 19.1. The summed E-state index contributed by atoms with van der Waals surface area (Å²) in [4.78, 5) is 24.1. The predicted octanol–water partition coefficient (Wildman–Crippen LogP) is 3.98. The molecule has 0 bridgehead atoms. The van der Waals surface area contributed by atoms with E-state index in [0.29, 0.717) is 22.8 Å². The molecule has 0 spiro atoms. The van der Waals surface area contributed by atoms with Gasteiger partial charge in [0.15, 0.2) is 11.6 Å². The normalized spacial score (nSPS) is 16.4. The van der Waals surface area contributed by atoms with Crippen molar-refractivity contribution in [2.24, 2.45) is 0 Å². The molecule has 8 heteroatoms. The van der Waals surface area contributed by atoms with Crippen LogP contribution in [0.2, 0.25) is 0 Å². The molecule has 1 saturated carbocycles. The zero-order valence-corrected chi connectivity index (χ0v) is 17.4. The fourth-order valence-electron chi connectivity index (χ4n) is 4.14. The highest BCUT2D eigenvalue weighted by Gasteiger charge is 2.35. The lowest BCUT2D eigenvalue weighted by atomic mass is 10.1. The van der Waals surface area contributed by atoms with Crippen LogP contribution in [0.1, 0.15) is 54.1 Å². The number of methoxy groups -OCH3 is 1. The molecule has 1 aliphatic heterocycles. The Morgan fingerprint density at radius 2 is 1.97 bits per heavy atom. The Labute approximate surface area is 179 Å². The number of carbonyl (C=O) groups excluding carboxylic acids is 1. The van der Waals surface area contributed by atoms with Gasteiger partial charge in [-0.1, -0.05) is 0 Å². The van der Waals surface area contributed by atoms with E-state index in [9.17, 15) is 9.18 Å². The Kier molecular flexibility index (Phi) is 5.13. The average Bonchev–Trinajstić information content (AvgIpc) is 3.56. The van der Waals surface area contributed by atoms with E-state index in [1.807, 2.05) is 4.90 Å². The van der Waals surface area contributed by atoms with Crippen molar-refractivity contribution in [3.05, 3.63) is 53.7 Å². The molecule has 1 saturated heterocycles. The molecule has 7 nitrogen and oxygen atoms in total. The summed E-state index contributed by atoms with van der Waals surface area (Å²) < 4.78 is 20.9. The van der Waals surface area contributed by atoms with Crippen LogP contribution >= 0.6 is 0 Å². The minimum Gasteiger partial charge on any atom is -0.494 e. The number of hydrogen-bond acceptors (Lipinski definition) is 5. The summed E-state index contributed by atoms with van der Waals surface area (Å²) >= 11 is 0. The molecule has 5 rings (SSSR count). The van der Waals surface area contributed by atoms with E-state index in [-0.39, 0.29) is 17.6 Å². The van der Waals surface area contributed by atoms with Gasteiger partial charge in [0.1, 0.15) is 0 Å². The largest absolute Gasteiger partial charge is 0.494 e. The fourth-order valence-corrected chi connectivity index (χ4v) is 4.14. The first kappa shape index (κ1) is 19.7. The van der Waals surface area contributed by atoms with Gasteiger partial charge in [-0.05, 0) is 56.4 Å². The van der Waals surface area contributed by atoms with Crippen molar-refractivity contribution in [3.63, 3.8) is 0 Å². The standard InChI is InChI=1S/C23H24FN5O2/c1-31-20-8-7-16(13-18(20)24)19-9-10-25-23(27-19)29-21(15-5-6-15)17(14-26-29)22(30)28-11-3-2-4-12-28/h7-10,13-15H,2-6,11-12H2,1H3. The molecule has 0 radical (unpaired) electrons. The van der Waals surface area contributed by atoms with Gasteiger partial charge in [0.2, 0.25) is 0 Å². The van der Waals surface area contributed by atoms with Gasteiger partial charge < -0.3 is 9.64 Å². The average molecular weight is 421 g/mol. The lowest BCUT2D eigenvalue weighted by molar-refractivity contribution is 0.0723. The van der Waals surface area contributed by atoms with E-state index < -0.39 is 5.82 Å². The second-order valence-corrected chi connectivity index (χ2v) is 8.07. The van der Waals surface area contributed by atoms with E-state index in [1.54, 1.807) is 35.3 Å². The molecule has 3 heterocycles. The topological polar surface area (TPSA) is 73.1 Å². The summed E-state index contributed by atoms with van der Waals surface area (Å²) in [5.74, 6) is 0.445. The molecule has 2 aliphatic rings. The van der Waals surface area contributed by atoms with E-state index in [1.165, 1.54) is 19.6 Å². The third-order valence-electron chi connectivity index (χ3n) is 5.92. The van der Waals surface area contributed by atoms with Crippen molar-refractivity contribution >= 4 is 5.91 Å². The maximum Gasteiger partial charge on any atom is 0.257 e. The highest BCUT2D eigenvalue weighted by molar-refractivity contribution is 5.95. The Morgan fingerprint density at radius 3 is 2.68 bits per heavy atom. The van der Waals surface area contributed by atoms with Crippen molar-refractivity contribution in [2.45, 2.75) is 38.0 Å². The van der Waals surface area contributed by atoms with Crippen LogP contribution in [0.3, 0.4) is 0 Å². The van der Waals surface area contributed by atoms with E-state index >= 15 is 0 Å². The first-order valence-corrected chi connectivity index (χ1v) is 10.7. The third kappa shape index (κ3) is 3.78. The van der Waals surface area contributed by atoms with Crippen LogP contribution in [0.15, 0.2) is 36.7 Å². The lowest BCUT2D eigenvalue weighted by Crippen LogP contribution is -2.36. The summed E-state index contributed by atoms with van der Waals surface area (Å²) in [6.45, 7) is 1.59. The minimum absolute atomic E-state index is 0.0428. The van der Waals surface area contributed by atoms with E-state index in [0.717, 1.165) is 44.5 Å². The van der Waals surface area contributed by atoms with Gasteiger partial charge >= 0.3 is 0 Å². The summed E-state index contributed by atoms with van der Waals surface area (Å²) in [6, 6.07) is 6.45. The second kappa shape index (κ2) is 8.09. The Hall–Kier alpha value is -3.29.